The molecule has 100 valence electrons. The van der Waals surface area contributed by atoms with Crippen molar-refractivity contribution in [3.63, 3.8) is 0 Å². The number of hydrogen-bond acceptors (Lipinski definition) is 3. The van der Waals surface area contributed by atoms with Crippen molar-refractivity contribution in [2.75, 3.05) is 20.3 Å². The molecule has 0 fully saturated rings. The lowest BCUT2D eigenvalue weighted by Crippen LogP contribution is -2.39. The lowest BCUT2D eigenvalue weighted by Gasteiger charge is -2.26. The van der Waals surface area contributed by atoms with Crippen LogP contribution >= 0.6 is 23.2 Å². The zero-order chi connectivity index (χ0) is 13.7. The third-order valence-electron chi connectivity index (χ3n) is 2.47. The fourth-order valence-corrected chi connectivity index (χ4v) is 1.94. The molecule has 0 bridgehead atoms. The Bertz CT molecular complexity index is 425. The first-order chi connectivity index (χ1) is 8.47. The van der Waals surface area contributed by atoms with E-state index in [0.29, 0.717) is 18.7 Å². The van der Waals surface area contributed by atoms with Gasteiger partial charge >= 0.3 is 0 Å². The molecule has 1 heterocycles. The highest BCUT2D eigenvalue weighted by atomic mass is 35.5. The van der Waals surface area contributed by atoms with Crippen LogP contribution in [-0.4, -0.2) is 42.1 Å². The molecule has 18 heavy (non-hydrogen) atoms. The summed E-state index contributed by atoms with van der Waals surface area (Å²) in [5.41, 5.74) is 0.353. The topological polar surface area (TPSA) is 42.4 Å². The zero-order valence-electron chi connectivity index (χ0n) is 10.6. The minimum atomic E-state index is -0.170. The van der Waals surface area contributed by atoms with Crippen molar-refractivity contribution in [2.24, 2.45) is 0 Å². The first-order valence-electron chi connectivity index (χ1n) is 5.59. The molecule has 6 heteroatoms. The summed E-state index contributed by atoms with van der Waals surface area (Å²) in [7, 11) is 1.60. The number of hydrogen-bond donors (Lipinski definition) is 0. The van der Waals surface area contributed by atoms with Gasteiger partial charge in [0.05, 0.1) is 12.2 Å². The second kappa shape index (κ2) is 6.92. The Morgan fingerprint density at radius 3 is 2.61 bits per heavy atom. The standard InChI is InChI=1S/C12H16Cl2N2O2/c1-8(2)16(6-7-18-3)12(17)9-4-5-10(13)15-11(9)14/h4-5,8H,6-7H2,1-3H3. The van der Waals surface area contributed by atoms with Crippen LogP contribution in [0.15, 0.2) is 12.1 Å². The highest BCUT2D eigenvalue weighted by molar-refractivity contribution is 6.34. The Kier molecular flexibility index (Phi) is 5.85. The van der Waals surface area contributed by atoms with Crippen LogP contribution < -0.4 is 0 Å². The SMILES string of the molecule is COCCN(C(=O)c1ccc(Cl)nc1Cl)C(C)C. The van der Waals surface area contributed by atoms with Crippen LogP contribution in [0.5, 0.6) is 0 Å². The van der Waals surface area contributed by atoms with E-state index in [-0.39, 0.29) is 22.3 Å². The number of methoxy groups -OCH3 is 1. The monoisotopic (exact) mass is 290 g/mol. The summed E-state index contributed by atoms with van der Waals surface area (Å²) in [4.78, 5) is 17.9. The van der Waals surface area contributed by atoms with Gasteiger partial charge in [-0.3, -0.25) is 4.79 Å². The molecule has 0 atom stereocenters. The van der Waals surface area contributed by atoms with Crippen LogP contribution in [0.4, 0.5) is 0 Å². The van der Waals surface area contributed by atoms with Gasteiger partial charge in [0.1, 0.15) is 10.3 Å². The van der Waals surface area contributed by atoms with Crippen molar-refractivity contribution in [2.45, 2.75) is 19.9 Å². The summed E-state index contributed by atoms with van der Waals surface area (Å²) in [6, 6.07) is 3.19. The molecule has 1 rings (SSSR count). The Hall–Kier alpha value is -0.840. The molecule has 1 aromatic heterocycles. The van der Waals surface area contributed by atoms with Crippen molar-refractivity contribution in [3.05, 3.63) is 28.0 Å². The molecule has 0 aromatic carbocycles. The van der Waals surface area contributed by atoms with Gasteiger partial charge in [-0.15, -0.1) is 0 Å². The minimum Gasteiger partial charge on any atom is -0.383 e. The highest BCUT2D eigenvalue weighted by Gasteiger charge is 2.21. The van der Waals surface area contributed by atoms with E-state index in [1.807, 2.05) is 13.8 Å². The molecule has 0 aliphatic heterocycles. The third-order valence-corrected chi connectivity index (χ3v) is 2.96. The summed E-state index contributed by atoms with van der Waals surface area (Å²) in [5, 5.41) is 0.389. The number of amides is 1. The average molecular weight is 291 g/mol. The number of aromatic nitrogens is 1. The first-order valence-corrected chi connectivity index (χ1v) is 6.35. The Labute approximate surface area is 117 Å². The molecule has 0 unspecified atom stereocenters. The fraction of sp³-hybridized carbons (Fsp3) is 0.500. The van der Waals surface area contributed by atoms with Gasteiger partial charge in [-0.1, -0.05) is 23.2 Å². The molecule has 0 aliphatic rings. The number of carbonyl (C=O) groups excluding carboxylic acids is 1. The predicted octanol–water partition coefficient (Wildman–Crippen LogP) is 2.89. The van der Waals surface area contributed by atoms with Crippen molar-refractivity contribution in [3.8, 4) is 0 Å². The maximum Gasteiger partial charge on any atom is 0.257 e. The van der Waals surface area contributed by atoms with Crippen LogP contribution in [0.3, 0.4) is 0 Å². The van der Waals surface area contributed by atoms with Gasteiger partial charge in [0.2, 0.25) is 0 Å². The molecule has 0 radical (unpaired) electrons. The Morgan fingerprint density at radius 2 is 2.11 bits per heavy atom. The number of halogens is 2. The van der Waals surface area contributed by atoms with E-state index in [0.717, 1.165) is 0 Å². The minimum absolute atomic E-state index is 0.0550. The quantitative estimate of drug-likeness (QED) is 0.783. The van der Waals surface area contributed by atoms with Gasteiger partial charge in [0.15, 0.2) is 0 Å². The van der Waals surface area contributed by atoms with Crippen LogP contribution in [0.1, 0.15) is 24.2 Å². The van der Waals surface area contributed by atoms with Gasteiger partial charge in [0.25, 0.3) is 5.91 Å². The second-order valence-electron chi connectivity index (χ2n) is 4.06. The van der Waals surface area contributed by atoms with Crippen LogP contribution in [-0.2, 0) is 4.74 Å². The van der Waals surface area contributed by atoms with Gasteiger partial charge in [-0.05, 0) is 26.0 Å². The van der Waals surface area contributed by atoms with Gasteiger partial charge < -0.3 is 9.64 Å². The summed E-state index contributed by atoms with van der Waals surface area (Å²) in [6.07, 6.45) is 0. The molecule has 1 amide bonds. The maximum absolute atomic E-state index is 12.3. The van der Waals surface area contributed by atoms with Gasteiger partial charge in [-0.25, -0.2) is 4.98 Å². The lowest BCUT2D eigenvalue weighted by molar-refractivity contribution is 0.0635. The largest absolute Gasteiger partial charge is 0.383 e. The fourth-order valence-electron chi connectivity index (χ4n) is 1.51. The number of nitrogens with zero attached hydrogens (tertiary/aromatic N) is 2. The third kappa shape index (κ3) is 3.83. The Balaban J connectivity index is 2.94. The van der Waals surface area contributed by atoms with Crippen molar-refractivity contribution < 1.29 is 9.53 Å². The van der Waals surface area contributed by atoms with E-state index >= 15 is 0 Å². The smallest absolute Gasteiger partial charge is 0.257 e. The van der Waals surface area contributed by atoms with Crippen LogP contribution in [0, 0.1) is 0 Å². The van der Waals surface area contributed by atoms with Crippen LogP contribution in [0.2, 0.25) is 10.3 Å². The molecule has 0 spiro atoms. The predicted molar refractivity (Wildman–Crippen MR) is 72.3 cm³/mol. The van der Waals surface area contributed by atoms with Crippen molar-refractivity contribution in [1.82, 2.24) is 9.88 Å². The molecule has 0 saturated heterocycles. The molecule has 0 saturated carbocycles. The lowest BCUT2D eigenvalue weighted by atomic mass is 10.2. The maximum atomic E-state index is 12.3. The molecule has 4 nitrogen and oxygen atoms in total. The molecular weight excluding hydrogens is 275 g/mol. The van der Waals surface area contributed by atoms with Gasteiger partial charge in [0, 0.05) is 19.7 Å². The van der Waals surface area contributed by atoms with Crippen molar-refractivity contribution in [1.29, 1.82) is 0 Å². The Morgan fingerprint density at radius 1 is 1.44 bits per heavy atom. The molecule has 0 aliphatic carbocycles. The van der Waals surface area contributed by atoms with E-state index in [2.05, 4.69) is 4.98 Å². The molecular formula is C12H16Cl2N2O2. The first kappa shape index (κ1) is 15.2. The number of carbonyl (C=O) groups is 1. The summed E-state index contributed by atoms with van der Waals surface area (Å²) in [6.45, 7) is 4.85. The summed E-state index contributed by atoms with van der Waals surface area (Å²) >= 11 is 11.6. The van der Waals surface area contributed by atoms with E-state index in [1.54, 1.807) is 24.1 Å². The normalized spacial score (nSPS) is 10.8. The molecule has 0 N–H and O–H groups in total. The van der Waals surface area contributed by atoms with E-state index in [4.69, 9.17) is 27.9 Å². The summed E-state index contributed by atoms with van der Waals surface area (Å²) in [5.74, 6) is -0.170. The highest BCUT2D eigenvalue weighted by Crippen LogP contribution is 2.19. The number of rotatable bonds is 5. The van der Waals surface area contributed by atoms with E-state index in [1.165, 1.54) is 0 Å². The average Bonchev–Trinajstić information content (AvgIpc) is 2.28. The van der Waals surface area contributed by atoms with Gasteiger partial charge in [-0.2, -0.15) is 0 Å². The zero-order valence-corrected chi connectivity index (χ0v) is 12.1. The summed E-state index contributed by atoms with van der Waals surface area (Å²) < 4.78 is 4.99. The number of ether oxygens (including phenoxy) is 1. The van der Waals surface area contributed by atoms with Crippen molar-refractivity contribution >= 4 is 29.1 Å². The number of pyridine rings is 1. The van der Waals surface area contributed by atoms with E-state index < -0.39 is 0 Å². The van der Waals surface area contributed by atoms with Crippen LogP contribution in [0.25, 0.3) is 0 Å². The molecule has 1 aromatic rings. The second-order valence-corrected chi connectivity index (χ2v) is 4.80. The van der Waals surface area contributed by atoms with E-state index in [9.17, 15) is 4.79 Å².